The summed E-state index contributed by atoms with van der Waals surface area (Å²) in [5, 5.41) is 0. The van der Waals surface area contributed by atoms with Crippen LogP contribution >= 0.6 is 0 Å². The molecule has 1 amide bonds. The number of carbonyl (C=O) groups excluding carboxylic acids is 2. The first kappa shape index (κ1) is 19.6. The third-order valence-corrected chi connectivity index (χ3v) is 6.53. The Morgan fingerprint density at radius 1 is 1.28 bits per heavy atom. The molecule has 1 spiro atoms. The lowest BCUT2D eigenvalue weighted by molar-refractivity contribution is -0.150. The normalized spacial score (nSPS) is 21.7. The number of pyridine rings is 1. The van der Waals surface area contributed by atoms with E-state index in [4.69, 9.17) is 4.74 Å². The zero-order valence-corrected chi connectivity index (χ0v) is 17.1. The first-order valence-electron chi connectivity index (χ1n) is 10.3. The highest BCUT2D eigenvalue weighted by atomic mass is 16.5. The molecule has 2 aliphatic heterocycles. The molecule has 0 N–H and O–H groups in total. The van der Waals surface area contributed by atoms with Crippen molar-refractivity contribution in [1.29, 1.82) is 0 Å². The van der Waals surface area contributed by atoms with E-state index in [-0.39, 0.29) is 24.2 Å². The van der Waals surface area contributed by atoms with E-state index in [1.165, 1.54) is 12.8 Å². The van der Waals surface area contributed by atoms with Gasteiger partial charge in [-0.1, -0.05) is 0 Å². The van der Waals surface area contributed by atoms with Crippen molar-refractivity contribution in [3.8, 4) is 5.69 Å². The van der Waals surface area contributed by atoms with Crippen molar-refractivity contribution in [3.05, 3.63) is 48.5 Å². The molecule has 7 heteroatoms. The monoisotopic (exact) mass is 396 g/mol. The van der Waals surface area contributed by atoms with E-state index in [1.807, 2.05) is 30.2 Å². The fourth-order valence-corrected chi connectivity index (χ4v) is 5.09. The Kier molecular flexibility index (Phi) is 5.41. The van der Waals surface area contributed by atoms with Crippen LogP contribution in [0.5, 0.6) is 0 Å². The number of rotatable bonds is 5. The average Bonchev–Trinajstić information content (AvgIpc) is 3.32. The molecule has 2 fully saturated rings. The van der Waals surface area contributed by atoms with Crippen molar-refractivity contribution in [1.82, 2.24) is 19.4 Å². The molecule has 0 aromatic carbocycles. The van der Waals surface area contributed by atoms with Gasteiger partial charge in [0.2, 0.25) is 5.91 Å². The minimum atomic E-state index is -0.402. The number of esters is 1. The Morgan fingerprint density at radius 2 is 2.07 bits per heavy atom. The summed E-state index contributed by atoms with van der Waals surface area (Å²) >= 11 is 0. The maximum absolute atomic E-state index is 12.5. The van der Waals surface area contributed by atoms with Crippen molar-refractivity contribution < 1.29 is 14.3 Å². The first-order valence-corrected chi connectivity index (χ1v) is 10.3. The van der Waals surface area contributed by atoms with Crippen molar-refractivity contribution >= 4 is 11.9 Å². The molecule has 1 unspecified atom stereocenters. The lowest BCUT2D eigenvalue weighted by Gasteiger charge is -2.46. The number of carbonyl (C=O) groups is 2. The number of hydrogen-bond acceptors (Lipinski definition) is 5. The van der Waals surface area contributed by atoms with Crippen molar-refractivity contribution in [3.63, 3.8) is 0 Å². The van der Waals surface area contributed by atoms with Crippen LogP contribution in [0.25, 0.3) is 5.69 Å². The van der Waals surface area contributed by atoms with Crippen LogP contribution in [0.1, 0.15) is 31.9 Å². The molecule has 29 heavy (non-hydrogen) atoms. The fourth-order valence-electron chi connectivity index (χ4n) is 5.09. The van der Waals surface area contributed by atoms with Gasteiger partial charge in [-0.15, -0.1) is 0 Å². The van der Waals surface area contributed by atoms with E-state index in [9.17, 15) is 9.59 Å². The molecule has 2 aliphatic rings. The van der Waals surface area contributed by atoms with Gasteiger partial charge in [0.05, 0.1) is 30.5 Å². The largest absolute Gasteiger partial charge is 0.469 e. The van der Waals surface area contributed by atoms with E-state index < -0.39 is 5.54 Å². The molecule has 0 saturated carbocycles. The highest BCUT2D eigenvalue weighted by Gasteiger charge is 2.56. The number of amides is 1. The lowest BCUT2D eigenvalue weighted by atomic mass is 9.76. The quantitative estimate of drug-likeness (QED) is 0.725. The van der Waals surface area contributed by atoms with Crippen LogP contribution in [0.3, 0.4) is 0 Å². The number of aromatic nitrogens is 2. The highest BCUT2D eigenvalue weighted by molar-refractivity contribution is 5.89. The Hall–Kier alpha value is -2.67. The first-order chi connectivity index (χ1) is 14.1. The predicted octanol–water partition coefficient (Wildman–Crippen LogP) is 2.25. The van der Waals surface area contributed by atoms with Gasteiger partial charge in [-0.25, -0.2) is 0 Å². The summed E-state index contributed by atoms with van der Waals surface area (Å²) in [7, 11) is 1.41. The van der Waals surface area contributed by atoms with E-state index in [0.29, 0.717) is 6.54 Å². The Bertz CT molecular complexity index is 869. The molecule has 4 heterocycles. The van der Waals surface area contributed by atoms with Gasteiger partial charge in [-0.05, 0) is 44.0 Å². The molecule has 2 saturated heterocycles. The summed E-state index contributed by atoms with van der Waals surface area (Å²) < 4.78 is 7.20. The predicted molar refractivity (Wildman–Crippen MR) is 108 cm³/mol. The zero-order chi connectivity index (χ0) is 20.4. The minimum Gasteiger partial charge on any atom is -0.469 e. The average molecular weight is 396 g/mol. The second-order valence-electron chi connectivity index (χ2n) is 7.88. The molecule has 2 aromatic rings. The number of piperidine rings is 1. The number of ether oxygens (including phenoxy) is 1. The Labute approximate surface area is 171 Å². The maximum atomic E-state index is 12.5. The van der Waals surface area contributed by atoms with Gasteiger partial charge in [0.25, 0.3) is 0 Å². The molecule has 2 aromatic heterocycles. The molecule has 4 rings (SSSR count). The molecule has 0 aliphatic carbocycles. The molecule has 154 valence electrons. The summed E-state index contributed by atoms with van der Waals surface area (Å²) in [4.78, 5) is 33.5. The lowest BCUT2D eigenvalue weighted by Crippen LogP contribution is -2.57. The topological polar surface area (TPSA) is 67.7 Å². The maximum Gasteiger partial charge on any atom is 0.311 e. The highest BCUT2D eigenvalue weighted by Crippen LogP contribution is 2.44. The Balaban J connectivity index is 1.49. The standard InChI is InChI=1S/C22H28N4O3/c1-3-26-20(27)14-19(21(28)29-2)22(26)8-12-24(13-9-22)16-18-7-5-11-25(18)17-6-4-10-23-15-17/h4-7,10-11,15,19H,3,8-9,12-14,16H2,1-2H3. The van der Waals surface area contributed by atoms with Gasteiger partial charge >= 0.3 is 5.97 Å². The second-order valence-corrected chi connectivity index (χ2v) is 7.88. The summed E-state index contributed by atoms with van der Waals surface area (Å²) in [5.41, 5.74) is 1.85. The van der Waals surface area contributed by atoms with Crippen LogP contribution in [0.4, 0.5) is 0 Å². The minimum absolute atomic E-state index is 0.0711. The number of methoxy groups -OCH3 is 1. The zero-order valence-electron chi connectivity index (χ0n) is 17.1. The van der Waals surface area contributed by atoms with Crippen LogP contribution < -0.4 is 0 Å². The van der Waals surface area contributed by atoms with Gasteiger partial charge in [-0.2, -0.15) is 0 Å². The molecular weight excluding hydrogens is 368 g/mol. The second kappa shape index (κ2) is 7.99. The molecule has 1 atom stereocenters. The van der Waals surface area contributed by atoms with Gasteiger partial charge in [-0.3, -0.25) is 19.5 Å². The van der Waals surface area contributed by atoms with E-state index in [2.05, 4.69) is 32.8 Å². The Morgan fingerprint density at radius 3 is 2.72 bits per heavy atom. The van der Waals surface area contributed by atoms with E-state index in [0.717, 1.165) is 38.2 Å². The van der Waals surface area contributed by atoms with Crippen LogP contribution in [0, 0.1) is 5.92 Å². The summed E-state index contributed by atoms with van der Waals surface area (Å²) in [5.74, 6) is -0.545. The molecular formula is C22H28N4O3. The molecule has 0 bridgehead atoms. The number of likely N-dealkylation sites (tertiary alicyclic amines) is 2. The van der Waals surface area contributed by atoms with Crippen LogP contribution in [0.15, 0.2) is 42.9 Å². The van der Waals surface area contributed by atoms with Gasteiger partial charge in [0, 0.05) is 50.7 Å². The van der Waals surface area contributed by atoms with Gasteiger partial charge in [0.15, 0.2) is 0 Å². The van der Waals surface area contributed by atoms with Crippen LogP contribution in [-0.2, 0) is 20.9 Å². The summed E-state index contributed by atoms with van der Waals surface area (Å²) in [6, 6.07) is 8.17. The van der Waals surface area contributed by atoms with Crippen LogP contribution in [0.2, 0.25) is 0 Å². The number of nitrogens with zero attached hydrogens (tertiary/aromatic N) is 4. The molecule has 7 nitrogen and oxygen atoms in total. The summed E-state index contributed by atoms with van der Waals surface area (Å²) in [6.07, 6.45) is 7.54. The van der Waals surface area contributed by atoms with Crippen molar-refractivity contribution in [2.45, 2.75) is 38.3 Å². The van der Waals surface area contributed by atoms with Crippen molar-refractivity contribution in [2.24, 2.45) is 5.92 Å². The third-order valence-electron chi connectivity index (χ3n) is 6.53. The SMILES string of the molecule is CCN1C(=O)CC(C(=O)OC)C12CCN(Cc1cccn1-c1cccnc1)CC2. The van der Waals surface area contributed by atoms with Gasteiger partial charge in [0.1, 0.15) is 0 Å². The smallest absolute Gasteiger partial charge is 0.311 e. The van der Waals surface area contributed by atoms with Crippen molar-refractivity contribution in [2.75, 3.05) is 26.7 Å². The fraction of sp³-hybridized carbons (Fsp3) is 0.500. The number of hydrogen-bond donors (Lipinski definition) is 0. The van der Waals surface area contributed by atoms with E-state index >= 15 is 0 Å². The van der Waals surface area contributed by atoms with E-state index in [1.54, 1.807) is 6.20 Å². The summed E-state index contributed by atoms with van der Waals surface area (Å²) in [6.45, 7) is 5.13. The van der Waals surface area contributed by atoms with Gasteiger partial charge < -0.3 is 14.2 Å². The third kappa shape index (κ3) is 3.44. The molecule has 0 radical (unpaired) electrons. The van der Waals surface area contributed by atoms with Crippen LogP contribution in [-0.4, -0.2) is 63.5 Å².